The molecule has 5 heteroatoms. The van der Waals surface area contributed by atoms with Crippen LogP contribution in [0.25, 0.3) is 0 Å². The topological polar surface area (TPSA) is 25.8 Å². The molecule has 0 amide bonds. The lowest BCUT2D eigenvalue weighted by Gasteiger charge is -2.05. The molecule has 2 heterocycles. The third-order valence-corrected chi connectivity index (χ3v) is 5.16. The maximum atomic E-state index is 4.33. The largest absolute Gasteiger partial charge is 0.248 e. The Bertz CT molecular complexity index is 517. The van der Waals surface area contributed by atoms with Crippen molar-refractivity contribution in [2.75, 3.05) is 0 Å². The number of nitrogens with zero attached hydrogens (tertiary/aromatic N) is 2. The van der Waals surface area contributed by atoms with Crippen molar-refractivity contribution >= 4 is 43.6 Å². The Morgan fingerprint density at radius 3 is 2.56 bits per heavy atom. The SMILES string of the molecule is Cc1ccnc(Sc2ncccc2Br)c1Br. The van der Waals surface area contributed by atoms with Gasteiger partial charge in [0.25, 0.3) is 0 Å². The highest BCUT2D eigenvalue weighted by atomic mass is 79.9. The standard InChI is InChI=1S/C11H8Br2N2S/c1-7-4-6-15-11(9(7)13)16-10-8(12)3-2-5-14-10/h2-6H,1H3. The van der Waals surface area contributed by atoms with E-state index in [9.17, 15) is 0 Å². The van der Waals surface area contributed by atoms with E-state index in [0.29, 0.717) is 0 Å². The van der Waals surface area contributed by atoms with Gasteiger partial charge in [-0.15, -0.1) is 0 Å². The molecule has 0 aliphatic carbocycles. The van der Waals surface area contributed by atoms with Gasteiger partial charge in [0.15, 0.2) is 0 Å². The first kappa shape index (κ1) is 12.1. The van der Waals surface area contributed by atoms with Gasteiger partial charge in [0, 0.05) is 12.4 Å². The Morgan fingerprint density at radius 1 is 1.06 bits per heavy atom. The van der Waals surface area contributed by atoms with Crippen LogP contribution in [0.1, 0.15) is 5.56 Å². The second kappa shape index (κ2) is 5.29. The number of halogens is 2. The van der Waals surface area contributed by atoms with Gasteiger partial charge in [-0.05, 0) is 74.3 Å². The first-order valence-corrected chi connectivity index (χ1v) is 6.98. The first-order chi connectivity index (χ1) is 7.68. The summed E-state index contributed by atoms with van der Waals surface area (Å²) in [4.78, 5) is 8.63. The minimum absolute atomic E-state index is 0.918. The van der Waals surface area contributed by atoms with Crippen LogP contribution >= 0.6 is 43.6 Å². The Morgan fingerprint density at radius 2 is 1.81 bits per heavy atom. The fourth-order valence-electron chi connectivity index (χ4n) is 1.12. The number of rotatable bonds is 2. The first-order valence-electron chi connectivity index (χ1n) is 4.58. The van der Waals surface area contributed by atoms with E-state index in [0.717, 1.165) is 19.0 Å². The highest BCUT2D eigenvalue weighted by Crippen LogP contribution is 2.35. The highest BCUT2D eigenvalue weighted by Gasteiger charge is 2.08. The monoisotopic (exact) mass is 358 g/mol. The van der Waals surface area contributed by atoms with Crippen molar-refractivity contribution in [1.29, 1.82) is 0 Å². The maximum absolute atomic E-state index is 4.33. The van der Waals surface area contributed by atoms with E-state index in [2.05, 4.69) is 41.8 Å². The molecule has 2 nitrogen and oxygen atoms in total. The van der Waals surface area contributed by atoms with Crippen molar-refractivity contribution in [1.82, 2.24) is 9.97 Å². The van der Waals surface area contributed by atoms with Crippen molar-refractivity contribution in [2.45, 2.75) is 17.0 Å². The molecular weight excluding hydrogens is 352 g/mol. The van der Waals surface area contributed by atoms with Crippen molar-refractivity contribution in [3.05, 3.63) is 45.1 Å². The Kier molecular flexibility index (Phi) is 4.00. The quantitative estimate of drug-likeness (QED) is 0.791. The molecule has 0 radical (unpaired) electrons. The summed E-state index contributed by atoms with van der Waals surface area (Å²) >= 11 is 8.55. The molecule has 0 saturated heterocycles. The summed E-state index contributed by atoms with van der Waals surface area (Å²) in [6.07, 6.45) is 3.58. The Labute approximate surface area is 115 Å². The molecule has 0 aliphatic rings. The van der Waals surface area contributed by atoms with Gasteiger partial charge in [-0.25, -0.2) is 9.97 Å². The highest BCUT2D eigenvalue weighted by molar-refractivity contribution is 9.11. The lowest BCUT2D eigenvalue weighted by atomic mass is 10.3. The van der Waals surface area contributed by atoms with E-state index in [1.165, 1.54) is 17.3 Å². The van der Waals surface area contributed by atoms with Gasteiger partial charge < -0.3 is 0 Å². The lowest BCUT2D eigenvalue weighted by molar-refractivity contribution is 1.05. The van der Waals surface area contributed by atoms with E-state index in [4.69, 9.17) is 0 Å². The van der Waals surface area contributed by atoms with Gasteiger partial charge in [0.2, 0.25) is 0 Å². The fraction of sp³-hybridized carbons (Fsp3) is 0.0909. The average Bonchev–Trinajstić information content (AvgIpc) is 2.28. The summed E-state index contributed by atoms with van der Waals surface area (Å²) in [6, 6.07) is 5.84. The molecule has 0 N–H and O–H groups in total. The number of hydrogen-bond acceptors (Lipinski definition) is 3. The smallest absolute Gasteiger partial charge is 0.117 e. The Hall–Kier alpha value is -0.390. The van der Waals surface area contributed by atoms with Gasteiger partial charge in [0.05, 0.1) is 8.95 Å². The van der Waals surface area contributed by atoms with Crippen LogP contribution in [0.4, 0.5) is 0 Å². The van der Waals surface area contributed by atoms with Gasteiger partial charge in [-0.1, -0.05) is 0 Å². The summed E-state index contributed by atoms with van der Waals surface area (Å²) in [6.45, 7) is 2.04. The molecule has 0 aliphatic heterocycles. The van der Waals surface area contributed by atoms with Crippen LogP contribution in [0.5, 0.6) is 0 Å². The van der Waals surface area contributed by atoms with Gasteiger partial charge >= 0.3 is 0 Å². The second-order valence-corrected chi connectivity index (χ2v) is 5.76. The van der Waals surface area contributed by atoms with Crippen molar-refractivity contribution in [3.8, 4) is 0 Å². The van der Waals surface area contributed by atoms with Crippen molar-refractivity contribution in [3.63, 3.8) is 0 Å². The molecule has 0 spiro atoms. The lowest BCUT2D eigenvalue weighted by Crippen LogP contribution is -1.87. The molecule has 82 valence electrons. The van der Waals surface area contributed by atoms with E-state index in [-0.39, 0.29) is 0 Å². The zero-order valence-corrected chi connectivity index (χ0v) is 12.4. The summed E-state index contributed by atoms with van der Waals surface area (Å²) in [5.74, 6) is 0. The van der Waals surface area contributed by atoms with E-state index in [1.54, 1.807) is 12.4 Å². The summed E-state index contributed by atoms with van der Waals surface area (Å²) in [5.41, 5.74) is 1.17. The number of pyridine rings is 2. The number of hydrogen-bond donors (Lipinski definition) is 0. The second-order valence-electron chi connectivity index (χ2n) is 3.14. The molecule has 2 rings (SSSR count). The van der Waals surface area contributed by atoms with Gasteiger partial charge in [-0.2, -0.15) is 0 Å². The van der Waals surface area contributed by atoms with Crippen molar-refractivity contribution in [2.24, 2.45) is 0 Å². The third-order valence-electron chi connectivity index (χ3n) is 1.97. The number of aryl methyl sites for hydroxylation is 1. The van der Waals surface area contributed by atoms with E-state index < -0.39 is 0 Å². The fourth-order valence-corrected chi connectivity index (χ4v) is 2.93. The van der Waals surface area contributed by atoms with Crippen LogP contribution in [0.15, 0.2) is 49.6 Å². The predicted molar refractivity (Wildman–Crippen MR) is 72.7 cm³/mol. The van der Waals surface area contributed by atoms with Gasteiger partial charge in [-0.3, -0.25) is 0 Å². The molecule has 2 aromatic heterocycles. The molecule has 0 aromatic carbocycles. The van der Waals surface area contributed by atoms with Crippen LogP contribution in [0.3, 0.4) is 0 Å². The molecule has 16 heavy (non-hydrogen) atoms. The minimum Gasteiger partial charge on any atom is -0.248 e. The van der Waals surface area contributed by atoms with Crippen LogP contribution < -0.4 is 0 Å². The Balaban J connectivity index is 2.35. The van der Waals surface area contributed by atoms with E-state index in [1.807, 2.05) is 25.1 Å². The maximum Gasteiger partial charge on any atom is 0.117 e. The normalized spacial score (nSPS) is 10.4. The molecule has 0 bridgehead atoms. The molecule has 0 unspecified atom stereocenters. The van der Waals surface area contributed by atoms with Crippen LogP contribution in [-0.2, 0) is 0 Å². The average molecular weight is 360 g/mol. The van der Waals surface area contributed by atoms with Crippen LogP contribution in [0.2, 0.25) is 0 Å². The van der Waals surface area contributed by atoms with Crippen LogP contribution in [0, 0.1) is 6.92 Å². The predicted octanol–water partition coefficient (Wildman–Crippen LogP) is 4.46. The number of aromatic nitrogens is 2. The zero-order chi connectivity index (χ0) is 11.5. The molecular formula is C11H8Br2N2S. The molecule has 0 fully saturated rings. The third kappa shape index (κ3) is 2.64. The van der Waals surface area contributed by atoms with Crippen molar-refractivity contribution < 1.29 is 0 Å². The molecule has 0 atom stereocenters. The summed E-state index contributed by atoms with van der Waals surface area (Å²) < 4.78 is 2.01. The van der Waals surface area contributed by atoms with E-state index >= 15 is 0 Å². The molecule has 0 saturated carbocycles. The summed E-state index contributed by atoms with van der Waals surface area (Å²) in [7, 11) is 0. The molecule has 2 aromatic rings. The van der Waals surface area contributed by atoms with Gasteiger partial charge in [0.1, 0.15) is 10.1 Å². The van der Waals surface area contributed by atoms with Crippen LogP contribution in [-0.4, -0.2) is 9.97 Å². The minimum atomic E-state index is 0.918. The summed E-state index contributed by atoms with van der Waals surface area (Å²) in [5, 5.41) is 1.85. The zero-order valence-electron chi connectivity index (χ0n) is 8.45.